The molecule has 126 valence electrons. The van der Waals surface area contributed by atoms with E-state index in [0.29, 0.717) is 24.7 Å². The van der Waals surface area contributed by atoms with E-state index in [1.807, 2.05) is 30.3 Å². The van der Waals surface area contributed by atoms with Crippen LogP contribution in [0.2, 0.25) is 0 Å². The summed E-state index contributed by atoms with van der Waals surface area (Å²) in [7, 11) is -0.881. The number of methoxy groups -OCH3 is 2. The Morgan fingerprint density at radius 3 is 2.46 bits per heavy atom. The SMILES string of the molecule is COc1ccc(OC)c(S(=O)(=O)N2CCN=C2c2ccccc2)c1. The molecule has 1 aliphatic heterocycles. The fraction of sp³-hybridized carbons (Fsp3) is 0.235. The van der Waals surface area contributed by atoms with Crippen molar-refractivity contribution < 1.29 is 17.9 Å². The molecule has 0 amide bonds. The van der Waals surface area contributed by atoms with Gasteiger partial charge >= 0.3 is 0 Å². The van der Waals surface area contributed by atoms with Gasteiger partial charge in [0.1, 0.15) is 22.2 Å². The highest BCUT2D eigenvalue weighted by molar-refractivity contribution is 7.89. The van der Waals surface area contributed by atoms with Crippen LogP contribution in [0.25, 0.3) is 0 Å². The molecule has 0 bridgehead atoms. The average molecular weight is 346 g/mol. The van der Waals surface area contributed by atoms with Gasteiger partial charge in [-0.15, -0.1) is 0 Å². The maximum absolute atomic E-state index is 13.2. The van der Waals surface area contributed by atoms with Crippen molar-refractivity contribution in [2.24, 2.45) is 4.99 Å². The number of sulfonamides is 1. The van der Waals surface area contributed by atoms with Gasteiger partial charge < -0.3 is 9.47 Å². The molecule has 0 aliphatic carbocycles. The lowest BCUT2D eigenvalue weighted by Gasteiger charge is -2.22. The van der Waals surface area contributed by atoms with E-state index < -0.39 is 10.0 Å². The van der Waals surface area contributed by atoms with Crippen molar-refractivity contribution in [2.75, 3.05) is 27.3 Å². The first-order valence-electron chi connectivity index (χ1n) is 7.42. The summed E-state index contributed by atoms with van der Waals surface area (Å²) < 4.78 is 38.1. The predicted octanol–water partition coefficient (Wildman–Crippen LogP) is 2.15. The number of aliphatic imine (C=N–C) groups is 1. The third-order valence-electron chi connectivity index (χ3n) is 3.77. The van der Waals surface area contributed by atoms with Crippen LogP contribution in [0.15, 0.2) is 58.4 Å². The Labute approximate surface area is 141 Å². The Balaban J connectivity index is 2.07. The lowest BCUT2D eigenvalue weighted by Crippen LogP contribution is -2.35. The molecule has 0 saturated carbocycles. The molecule has 1 aliphatic rings. The van der Waals surface area contributed by atoms with E-state index in [2.05, 4.69) is 4.99 Å². The second kappa shape index (κ2) is 6.52. The highest BCUT2D eigenvalue weighted by Crippen LogP contribution is 2.32. The monoisotopic (exact) mass is 346 g/mol. The van der Waals surface area contributed by atoms with Crippen LogP contribution in [0.4, 0.5) is 0 Å². The van der Waals surface area contributed by atoms with E-state index in [1.165, 1.54) is 24.6 Å². The van der Waals surface area contributed by atoms with Gasteiger partial charge in [0.2, 0.25) is 0 Å². The first kappa shape index (κ1) is 16.3. The van der Waals surface area contributed by atoms with Crippen molar-refractivity contribution >= 4 is 15.9 Å². The summed E-state index contributed by atoms with van der Waals surface area (Å²) in [5.74, 6) is 1.17. The highest BCUT2D eigenvalue weighted by atomic mass is 32.2. The zero-order chi connectivity index (χ0) is 17.2. The molecule has 3 rings (SSSR count). The van der Waals surface area contributed by atoms with Gasteiger partial charge in [0.05, 0.1) is 27.3 Å². The number of hydrogen-bond donors (Lipinski definition) is 0. The molecule has 24 heavy (non-hydrogen) atoms. The van der Waals surface area contributed by atoms with Crippen LogP contribution in [0.3, 0.4) is 0 Å². The highest BCUT2D eigenvalue weighted by Gasteiger charge is 2.33. The molecule has 6 nitrogen and oxygen atoms in total. The molecular weight excluding hydrogens is 328 g/mol. The van der Waals surface area contributed by atoms with E-state index in [-0.39, 0.29) is 10.6 Å². The molecular formula is C17H18N2O4S. The van der Waals surface area contributed by atoms with Crippen LogP contribution in [-0.2, 0) is 10.0 Å². The molecule has 0 unspecified atom stereocenters. The quantitative estimate of drug-likeness (QED) is 0.832. The zero-order valence-corrected chi connectivity index (χ0v) is 14.3. The first-order valence-corrected chi connectivity index (χ1v) is 8.86. The van der Waals surface area contributed by atoms with Crippen LogP contribution in [-0.4, -0.2) is 45.9 Å². The van der Waals surface area contributed by atoms with Crippen LogP contribution < -0.4 is 9.47 Å². The number of nitrogens with zero attached hydrogens (tertiary/aromatic N) is 2. The average Bonchev–Trinajstić information content (AvgIpc) is 3.12. The van der Waals surface area contributed by atoms with Crippen LogP contribution in [0.1, 0.15) is 5.56 Å². The molecule has 7 heteroatoms. The van der Waals surface area contributed by atoms with Crippen molar-refractivity contribution in [1.82, 2.24) is 4.31 Å². The van der Waals surface area contributed by atoms with E-state index >= 15 is 0 Å². The van der Waals surface area contributed by atoms with Gasteiger partial charge in [-0.1, -0.05) is 30.3 Å². The number of hydrogen-bond acceptors (Lipinski definition) is 5. The van der Waals surface area contributed by atoms with Crippen LogP contribution in [0.5, 0.6) is 11.5 Å². The predicted molar refractivity (Wildman–Crippen MR) is 91.3 cm³/mol. The fourth-order valence-electron chi connectivity index (χ4n) is 2.59. The van der Waals surface area contributed by atoms with Gasteiger partial charge in [-0.2, -0.15) is 0 Å². The summed E-state index contributed by atoms with van der Waals surface area (Å²) >= 11 is 0. The second-order valence-electron chi connectivity index (χ2n) is 5.17. The van der Waals surface area contributed by atoms with Crippen molar-refractivity contribution in [3.63, 3.8) is 0 Å². The Morgan fingerprint density at radius 2 is 1.79 bits per heavy atom. The summed E-state index contributed by atoms with van der Waals surface area (Å²) in [6, 6.07) is 14.0. The minimum absolute atomic E-state index is 0.0647. The van der Waals surface area contributed by atoms with Gasteiger partial charge in [0.25, 0.3) is 10.0 Å². The zero-order valence-electron chi connectivity index (χ0n) is 13.5. The maximum Gasteiger partial charge on any atom is 0.269 e. The second-order valence-corrected chi connectivity index (χ2v) is 7.00. The Bertz CT molecular complexity index is 863. The minimum Gasteiger partial charge on any atom is -0.497 e. The molecule has 0 aromatic heterocycles. The first-order chi connectivity index (χ1) is 11.6. The summed E-state index contributed by atoms with van der Waals surface area (Å²) in [6.45, 7) is 0.725. The van der Waals surface area contributed by atoms with Crippen molar-refractivity contribution in [2.45, 2.75) is 4.90 Å². The normalized spacial score (nSPS) is 14.4. The lowest BCUT2D eigenvalue weighted by atomic mass is 10.2. The maximum atomic E-state index is 13.2. The smallest absolute Gasteiger partial charge is 0.269 e. The summed E-state index contributed by atoms with van der Waals surface area (Å²) in [6.07, 6.45) is 0. The molecule has 1 heterocycles. The fourth-order valence-corrected chi connectivity index (χ4v) is 4.21. The molecule has 0 saturated heterocycles. The lowest BCUT2D eigenvalue weighted by molar-refractivity contribution is 0.390. The minimum atomic E-state index is -3.81. The molecule has 0 spiro atoms. The molecule has 2 aromatic carbocycles. The third-order valence-corrected chi connectivity index (χ3v) is 5.58. The summed E-state index contributed by atoms with van der Waals surface area (Å²) in [5.41, 5.74) is 0.764. The van der Waals surface area contributed by atoms with Crippen molar-refractivity contribution in [3.8, 4) is 11.5 Å². The third kappa shape index (κ3) is 2.82. The number of amidine groups is 1. The number of rotatable bonds is 5. The summed E-state index contributed by atoms with van der Waals surface area (Å²) in [4.78, 5) is 4.43. The molecule has 0 N–H and O–H groups in total. The van der Waals surface area contributed by atoms with Gasteiger partial charge in [-0.25, -0.2) is 12.7 Å². The number of benzene rings is 2. The van der Waals surface area contributed by atoms with E-state index in [0.717, 1.165) is 5.56 Å². The van der Waals surface area contributed by atoms with Crippen molar-refractivity contribution in [1.29, 1.82) is 0 Å². The van der Waals surface area contributed by atoms with Gasteiger partial charge in [-0.3, -0.25) is 4.99 Å². The van der Waals surface area contributed by atoms with Gasteiger partial charge in [-0.05, 0) is 12.1 Å². The largest absolute Gasteiger partial charge is 0.497 e. The Hall–Kier alpha value is -2.54. The van der Waals surface area contributed by atoms with Crippen LogP contribution >= 0.6 is 0 Å². The Kier molecular flexibility index (Phi) is 4.44. The standard InChI is InChI=1S/C17H18N2O4S/c1-22-14-8-9-15(23-2)16(12-14)24(20,21)19-11-10-18-17(19)13-6-4-3-5-7-13/h3-9,12H,10-11H2,1-2H3. The summed E-state index contributed by atoms with van der Waals surface area (Å²) in [5, 5.41) is 0. The molecule has 0 atom stereocenters. The van der Waals surface area contributed by atoms with E-state index in [1.54, 1.807) is 12.1 Å². The van der Waals surface area contributed by atoms with Crippen LogP contribution in [0, 0.1) is 0 Å². The van der Waals surface area contributed by atoms with Gasteiger partial charge in [0, 0.05) is 11.6 Å². The van der Waals surface area contributed by atoms with E-state index in [4.69, 9.17) is 9.47 Å². The van der Waals surface area contributed by atoms with E-state index in [9.17, 15) is 8.42 Å². The Morgan fingerprint density at radius 1 is 1.04 bits per heavy atom. The van der Waals surface area contributed by atoms with Crippen molar-refractivity contribution in [3.05, 3.63) is 54.1 Å². The molecule has 2 aromatic rings. The molecule has 0 fully saturated rings. The topological polar surface area (TPSA) is 68.2 Å². The number of ether oxygens (including phenoxy) is 2. The van der Waals surface area contributed by atoms with Gasteiger partial charge in [0.15, 0.2) is 0 Å². The molecule has 0 radical (unpaired) electrons.